The highest BCUT2D eigenvalue weighted by Gasteiger charge is 2.33. The zero-order valence-electron chi connectivity index (χ0n) is 18.2. The number of fused-ring (bicyclic) bond motifs is 2. The molecule has 36 heavy (non-hydrogen) atoms. The summed E-state index contributed by atoms with van der Waals surface area (Å²) >= 11 is 0.903. The number of rotatable bonds is 6. The first kappa shape index (κ1) is 23.9. The zero-order chi connectivity index (χ0) is 25.5. The molecule has 0 spiro atoms. The van der Waals surface area contributed by atoms with Crippen molar-refractivity contribution < 1.29 is 31.1 Å². The fourth-order valence-corrected chi connectivity index (χ4v) is 5.63. The third-order valence-corrected chi connectivity index (χ3v) is 7.57. The quantitative estimate of drug-likeness (QED) is 0.399. The van der Waals surface area contributed by atoms with Crippen molar-refractivity contribution in [1.29, 1.82) is 0 Å². The summed E-state index contributed by atoms with van der Waals surface area (Å²) in [5.74, 6) is -0.323. The van der Waals surface area contributed by atoms with Gasteiger partial charge in [0.05, 0.1) is 16.0 Å². The fraction of sp³-hybridized carbons (Fsp3) is 0.182. The van der Waals surface area contributed by atoms with Crippen LogP contribution >= 0.6 is 11.5 Å². The number of ether oxygens (including phenoxy) is 1. The second-order valence-corrected chi connectivity index (χ2v) is 10.2. The third kappa shape index (κ3) is 4.56. The van der Waals surface area contributed by atoms with Gasteiger partial charge in [0.15, 0.2) is 6.61 Å². The minimum Gasteiger partial charge on any atom is -0.483 e. The highest BCUT2D eigenvalue weighted by atomic mass is 32.2. The van der Waals surface area contributed by atoms with Gasteiger partial charge in [-0.3, -0.25) is 14.5 Å². The minimum atomic E-state index is -4.58. The first-order valence-corrected chi connectivity index (χ1v) is 12.7. The van der Waals surface area contributed by atoms with Crippen molar-refractivity contribution in [2.24, 2.45) is 0 Å². The van der Waals surface area contributed by atoms with E-state index in [1.54, 1.807) is 0 Å². The molecule has 1 N–H and O–H groups in total. The summed E-state index contributed by atoms with van der Waals surface area (Å²) in [6.07, 6.45) is -1.73. The highest BCUT2D eigenvalue weighted by molar-refractivity contribution is 7.93. The molecule has 1 amide bonds. The van der Waals surface area contributed by atoms with Crippen molar-refractivity contribution in [3.05, 3.63) is 66.1 Å². The molecule has 0 unspecified atom stereocenters. The van der Waals surface area contributed by atoms with Gasteiger partial charge in [0.1, 0.15) is 12.1 Å². The van der Waals surface area contributed by atoms with E-state index < -0.39 is 34.3 Å². The number of halogens is 3. The summed E-state index contributed by atoms with van der Waals surface area (Å²) in [6, 6.07) is 9.43. The summed E-state index contributed by atoms with van der Waals surface area (Å²) in [7, 11) is -3.88. The maximum absolute atomic E-state index is 13.3. The first-order chi connectivity index (χ1) is 17.1. The number of hydrogen-bond donors (Lipinski definition) is 1. The number of nitrogens with zero attached hydrogens (tertiary/aromatic N) is 4. The Bertz CT molecular complexity index is 1560. The Morgan fingerprint density at radius 2 is 2.00 bits per heavy atom. The van der Waals surface area contributed by atoms with Crippen molar-refractivity contribution in [3.8, 4) is 5.75 Å². The number of hydrogen-bond acceptors (Lipinski definition) is 8. The van der Waals surface area contributed by atoms with Crippen LogP contribution in [-0.4, -0.2) is 41.8 Å². The molecule has 14 heteroatoms. The molecular formula is C22H16F3N5O4S2. The SMILES string of the molecule is O=C(COc1ccnc2c(C(F)(F)F)cccc12)N1CCc2cc(S(=O)(=O)Nc3ncns3)ccc21. The van der Waals surface area contributed by atoms with Crippen LogP contribution in [0.4, 0.5) is 24.0 Å². The summed E-state index contributed by atoms with van der Waals surface area (Å²) in [5.41, 5.74) is 0.0408. The number of alkyl halides is 3. The lowest BCUT2D eigenvalue weighted by Crippen LogP contribution is -2.33. The van der Waals surface area contributed by atoms with Gasteiger partial charge in [0, 0.05) is 35.3 Å². The van der Waals surface area contributed by atoms with Crippen molar-refractivity contribution in [3.63, 3.8) is 0 Å². The maximum Gasteiger partial charge on any atom is 0.418 e. The van der Waals surface area contributed by atoms with Crippen molar-refractivity contribution >= 4 is 49.2 Å². The van der Waals surface area contributed by atoms with E-state index in [2.05, 4.69) is 19.1 Å². The summed E-state index contributed by atoms with van der Waals surface area (Å²) in [6.45, 7) is -0.117. The van der Waals surface area contributed by atoms with Gasteiger partial charge >= 0.3 is 6.18 Å². The molecule has 5 rings (SSSR count). The van der Waals surface area contributed by atoms with Gasteiger partial charge in [0.25, 0.3) is 15.9 Å². The van der Waals surface area contributed by atoms with Gasteiger partial charge in [-0.05, 0) is 48.4 Å². The molecule has 0 bridgehead atoms. The molecule has 0 saturated heterocycles. The van der Waals surface area contributed by atoms with E-state index in [1.165, 1.54) is 53.8 Å². The molecule has 0 atom stereocenters. The Morgan fingerprint density at radius 1 is 1.17 bits per heavy atom. The van der Waals surface area contributed by atoms with Gasteiger partial charge in [-0.15, -0.1) is 0 Å². The van der Waals surface area contributed by atoms with E-state index >= 15 is 0 Å². The number of amides is 1. The topological polar surface area (TPSA) is 114 Å². The fourth-order valence-electron chi connectivity index (χ4n) is 3.92. The number of nitrogens with one attached hydrogen (secondary N) is 1. The number of benzene rings is 2. The van der Waals surface area contributed by atoms with Crippen molar-refractivity contribution in [2.45, 2.75) is 17.5 Å². The number of pyridine rings is 1. The molecule has 2 aromatic carbocycles. The average Bonchev–Trinajstić information content (AvgIpc) is 3.50. The lowest BCUT2D eigenvalue weighted by atomic mass is 10.1. The normalized spacial score (nSPS) is 13.6. The number of sulfonamides is 1. The van der Waals surface area contributed by atoms with Gasteiger partial charge < -0.3 is 9.64 Å². The monoisotopic (exact) mass is 535 g/mol. The largest absolute Gasteiger partial charge is 0.483 e. The van der Waals surface area contributed by atoms with Crippen molar-refractivity contribution in [1.82, 2.24) is 14.3 Å². The summed E-state index contributed by atoms with van der Waals surface area (Å²) in [5, 5.41) is 0.273. The lowest BCUT2D eigenvalue weighted by Gasteiger charge is -2.18. The first-order valence-electron chi connectivity index (χ1n) is 10.4. The van der Waals surface area contributed by atoms with Crippen LogP contribution in [0.5, 0.6) is 5.75 Å². The predicted molar refractivity (Wildman–Crippen MR) is 125 cm³/mol. The van der Waals surface area contributed by atoms with E-state index in [-0.39, 0.29) is 26.7 Å². The molecule has 4 aromatic rings. The van der Waals surface area contributed by atoms with Crippen LogP contribution in [0, 0.1) is 0 Å². The molecule has 0 saturated carbocycles. The third-order valence-electron chi connectivity index (χ3n) is 5.53. The van der Waals surface area contributed by atoms with Gasteiger partial charge in [-0.1, -0.05) is 6.07 Å². The molecule has 2 aromatic heterocycles. The molecule has 1 aliphatic rings. The van der Waals surface area contributed by atoms with E-state index in [1.807, 2.05) is 0 Å². The van der Waals surface area contributed by atoms with Crippen LogP contribution in [0.1, 0.15) is 11.1 Å². The van der Waals surface area contributed by atoms with E-state index in [0.29, 0.717) is 24.2 Å². The summed E-state index contributed by atoms with van der Waals surface area (Å²) in [4.78, 5) is 22.0. The van der Waals surface area contributed by atoms with Crippen molar-refractivity contribution in [2.75, 3.05) is 22.8 Å². The van der Waals surface area contributed by atoms with E-state index in [0.717, 1.165) is 17.6 Å². The van der Waals surface area contributed by atoms with Crippen LogP contribution < -0.4 is 14.4 Å². The highest BCUT2D eigenvalue weighted by Crippen LogP contribution is 2.36. The lowest BCUT2D eigenvalue weighted by molar-refractivity contribution is -0.136. The number of anilines is 2. The smallest absolute Gasteiger partial charge is 0.418 e. The van der Waals surface area contributed by atoms with Gasteiger partial charge in [0.2, 0.25) is 5.13 Å². The molecule has 186 valence electrons. The number of para-hydroxylation sites is 1. The second kappa shape index (κ2) is 9.02. The Labute approximate surface area is 206 Å². The minimum absolute atomic E-state index is 0.0192. The molecule has 3 heterocycles. The number of carbonyl (C=O) groups excluding carboxylic acids is 1. The van der Waals surface area contributed by atoms with Crippen LogP contribution in [0.2, 0.25) is 0 Å². The summed E-state index contributed by atoms with van der Waals surface area (Å²) < 4.78 is 76.9. The van der Waals surface area contributed by atoms with Gasteiger partial charge in [-0.2, -0.15) is 17.5 Å². The van der Waals surface area contributed by atoms with Crippen LogP contribution in [0.3, 0.4) is 0 Å². The molecular weight excluding hydrogens is 519 g/mol. The van der Waals surface area contributed by atoms with Crippen LogP contribution in [-0.2, 0) is 27.4 Å². The van der Waals surface area contributed by atoms with Crippen LogP contribution in [0.15, 0.2) is 59.9 Å². The molecule has 1 aliphatic heterocycles. The Morgan fingerprint density at radius 3 is 2.75 bits per heavy atom. The van der Waals surface area contributed by atoms with E-state index in [9.17, 15) is 26.4 Å². The Balaban J connectivity index is 1.32. The zero-order valence-corrected chi connectivity index (χ0v) is 19.8. The second-order valence-electron chi connectivity index (χ2n) is 7.74. The van der Waals surface area contributed by atoms with E-state index in [4.69, 9.17) is 4.74 Å². The van der Waals surface area contributed by atoms with Gasteiger partial charge in [-0.25, -0.2) is 13.4 Å². The maximum atomic E-state index is 13.3. The molecule has 0 aliphatic carbocycles. The number of carbonyl (C=O) groups is 1. The standard InChI is InChI=1S/C22H16F3N5O4S2/c23-22(24,25)16-3-1-2-15-18(6-8-26-20(15)16)34-11-19(31)30-9-7-13-10-14(4-5-17(13)30)36(32,33)29-21-27-12-28-35-21/h1-6,8,10,12H,7,9,11H2,(H,27,28,29). The van der Waals surface area contributed by atoms with Crippen LogP contribution in [0.25, 0.3) is 10.9 Å². The molecule has 0 radical (unpaired) electrons. The average molecular weight is 536 g/mol. The molecule has 9 nitrogen and oxygen atoms in total. The Hall–Kier alpha value is -3.78. The Kier molecular flexibility index (Phi) is 6.00. The number of aromatic nitrogens is 3. The predicted octanol–water partition coefficient (Wildman–Crippen LogP) is 3.87. The molecule has 0 fully saturated rings.